The number of nitrogens with zero attached hydrogens (tertiary/aromatic N) is 4. The van der Waals surface area contributed by atoms with Gasteiger partial charge in [0, 0.05) is 44.0 Å². The molecular formula is C18H24N4O2. The quantitative estimate of drug-likeness (QED) is 0.838. The molecule has 0 radical (unpaired) electrons. The van der Waals surface area contributed by atoms with Gasteiger partial charge >= 0.3 is 0 Å². The Kier molecular flexibility index (Phi) is 5.15. The normalized spacial score (nSPS) is 15.4. The van der Waals surface area contributed by atoms with Crippen molar-refractivity contribution in [1.82, 2.24) is 14.9 Å². The van der Waals surface area contributed by atoms with E-state index in [0.29, 0.717) is 12.4 Å². The Bertz CT molecular complexity index is 684. The maximum absolute atomic E-state index is 5.82. The molecule has 0 saturated carbocycles. The number of piperazine rings is 1. The van der Waals surface area contributed by atoms with Crippen LogP contribution in [0.4, 0.5) is 5.82 Å². The Labute approximate surface area is 143 Å². The van der Waals surface area contributed by atoms with Crippen LogP contribution < -0.4 is 14.4 Å². The molecule has 0 amide bonds. The fraction of sp³-hybridized carbons (Fsp3) is 0.444. The molecule has 0 N–H and O–H groups in total. The van der Waals surface area contributed by atoms with Crippen molar-refractivity contribution < 1.29 is 9.47 Å². The van der Waals surface area contributed by atoms with E-state index in [-0.39, 0.29) is 0 Å². The third-order valence-electron chi connectivity index (χ3n) is 4.12. The molecule has 6 heteroatoms. The van der Waals surface area contributed by atoms with E-state index < -0.39 is 0 Å². The largest absolute Gasteiger partial charge is 0.497 e. The molecule has 24 heavy (non-hydrogen) atoms. The lowest BCUT2D eigenvalue weighted by Crippen LogP contribution is -2.45. The van der Waals surface area contributed by atoms with Crippen molar-refractivity contribution in [1.29, 1.82) is 0 Å². The number of benzene rings is 1. The van der Waals surface area contributed by atoms with E-state index in [9.17, 15) is 0 Å². The molecule has 0 unspecified atom stereocenters. The number of ether oxygens (including phenoxy) is 2. The van der Waals surface area contributed by atoms with Gasteiger partial charge in [0.05, 0.1) is 7.11 Å². The molecule has 2 aromatic rings. The van der Waals surface area contributed by atoms with E-state index >= 15 is 0 Å². The molecule has 1 aliphatic heterocycles. The van der Waals surface area contributed by atoms with Crippen molar-refractivity contribution in [2.45, 2.75) is 13.5 Å². The molecule has 1 saturated heterocycles. The molecule has 3 rings (SSSR count). The molecule has 0 bridgehead atoms. The second-order valence-electron chi connectivity index (χ2n) is 6.04. The van der Waals surface area contributed by atoms with Crippen LogP contribution >= 0.6 is 0 Å². The van der Waals surface area contributed by atoms with Crippen LogP contribution in [0.2, 0.25) is 0 Å². The van der Waals surface area contributed by atoms with Gasteiger partial charge in [0.25, 0.3) is 0 Å². The Morgan fingerprint density at radius 3 is 2.54 bits per heavy atom. The van der Waals surface area contributed by atoms with Gasteiger partial charge in [-0.05, 0) is 26.1 Å². The first-order chi connectivity index (χ1) is 11.6. The highest BCUT2D eigenvalue weighted by molar-refractivity contribution is 5.40. The van der Waals surface area contributed by atoms with Crippen LogP contribution in [0.5, 0.6) is 11.5 Å². The first-order valence-corrected chi connectivity index (χ1v) is 8.19. The van der Waals surface area contributed by atoms with Gasteiger partial charge in [-0.2, -0.15) is 0 Å². The first kappa shape index (κ1) is 16.5. The maximum Gasteiger partial charge on any atom is 0.168 e. The van der Waals surface area contributed by atoms with Gasteiger partial charge in [-0.1, -0.05) is 6.07 Å². The minimum atomic E-state index is 0.343. The standard InChI is InChI=1S/C18H24N4O2/c1-14-11-18(22-9-7-21(2)8-10-22)20-17(19-14)13-24-16-6-4-5-15(12-16)23-3/h4-6,11-12H,7-10,13H2,1-3H3. The highest BCUT2D eigenvalue weighted by Crippen LogP contribution is 2.20. The van der Waals surface area contributed by atoms with Crippen LogP contribution in [0, 0.1) is 6.92 Å². The molecule has 0 aliphatic carbocycles. The summed E-state index contributed by atoms with van der Waals surface area (Å²) in [7, 11) is 3.79. The monoisotopic (exact) mass is 328 g/mol. The average molecular weight is 328 g/mol. The first-order valence-electron chi connectivity index (χ1n) is 8.19. The summed E-state index contributed by atoms with van der Waals surface area (Å²) < 4.78 is 11.0. The Balaban J connectivity index is 1.69. The Morgan fingerprint density at radius 2 is 1.79 bits per heavy atom. The van der Waals surface area contributed by atoms with Gasteiger partial charge in [-0.3, -0.25) is 0 Å². The fourth-order valence-electron chi connectivity index (χ4n) is 2.71. The van der Waals surface area contributed by atoms with Gasteiger partial charge < -0.3 is 19.3 Å². The second kappa shape index (κ2) is 7.49. The molecule has 1 aromatic heterocycles. The third kappa shape index (κ3) is 4.14. The number of rotatable bonds is 5. The molecule has 0 atom stereocenters. The van der Waals surface area contributed by atoms with E-state index in [0.717, 1.165) is 49.2 Å². The van der Waals surface area contributed by atoms with Crippen molar-refractivity contribution in [2.75, 3.05) is 45.2 Å². The summed E-state index contributed by atoms with van der Waals surface area (Å²) >= 11 is 0. The van der Waals surface area contributed by atoms with Gasteiger partial charge in [-0.25, -0.2) is 9.97 Å². The summed E-state index contributed by atoms with van der Waals surface area (Å²) in [5, 5.41) is 0. The Hall–Kier alpha value is -2.34. The molecule has 1 aromatic carbocycles. The molecule has 128 valence electrons. The summed E-state index contributed by atoms with van der Waals surface area (Å²) in [4.78, 5) is 13.8. The summed E-state index contributed by atoms with van der Waals surface area (Å²) in [5.74, 6) is 3.21. The van der Waals surface area contributed by atoms with E-state index in [2.05, 4.69) is 26.8 Å². The van der Waals surface area contributed by atoms with Crippen LogP contribution in [0.15, 0.2) is 30.3 Å². The summed E-state index contributed by atoms with van der Waals surface area (Å²) in [6.07, 6.45) is 0. The summed E-state index contributed by atoms with van der Waals surface area (Å²) in [5.41, 5.74) is 0.961. The predicted octanol–water partition coefficient (Wildman–Crippen LogP) is 2.12. The predicted molar refractivity (Wildman–Crippen MR) is 93.8 cm³/mol. The number of hydrogen-bond donors (Lipinski definition) is 0. The zero-order valence-electron chi connectivity index (χ0n) is 14.5. The van der Waals surface area contributed by atoms with Gasteiger partial charge in [0.15, 0.2) is 5.82 Å². The van der Waals surface area contributed by atoms with E-state index in [1.807, 2.05) is 37.3 Å². The summed E-state index contributed by atoms with van der Waals surface area (Å²) in [6.45, 7) is 6.43. The minimum Gasteiger partial charge on any atom is -0.497 e. The number of methoxy groups -OCH3 is 1. The minimum absolute atomic E-state index is 0.343. The van der Waals surface area contributed by atoms with Gasteiger partial charge in [0.2, 0.25) is 0 Å². The van der Waals surface area contributed by atoms with E-state index in [1.165, 1.54) is 0 Å². The van der Waals surface area contributed by atoms with Gasteiger partial charge in [-0.15, -0.1) is 0 Å². The number of anilines is 1. The topological polar surface area (TPSA) is 50.7 Å². The number of likely N-dealkylation sites (N-methyl/N-ethyl adjacent to an activating group) is 1. The highest BCUT2D eigenvalue weighted by atomic mass is 16.5. The van der Waals surface area contributed by atoms with E-state index in [1.54, 1.807) is 7.11 Å². The van der Waals surface area contributed by atoms with Gasteiger partial charge in [0.1, 0.15) is 23.9 Å². The molecule has 1 aliphatic rings. The molecule has 0 spiro atoms. The average Bonchev–Trinajstić information content (AvgIpc) is 2.60. The zero-order chi connectivity index (χ0) is 16.9. The number of hydrogen-bond acceptors (Lipinski definition) is 6. The molecule has 2 heterocycles. The highest BCUT2D eigenvalue weighted by Gasteiger charge is 2.16. The molecular weight excluding hydrogens is 304 g/mol. The smallest absolute Gasteiger partial charge is 0.168 e. The van der Waals surface area contributed by atoms with Crippen molar-refractivity contribution in [3.05, 3.63) is 41.9 Å². The van der Waals surface area contributed by atoms with Crippen molar-refractivity contribution in [3.8, 4) is 11.5 Å². The lowest BCUT2D eigenvalue weighted by molar-refractivity contribution is 0.292. The van der Waals surface area contributed by atoms with Crippen LogP contribution in [-0.2, 0) is 6.61 Å². The summed E-state index contributed by atoms with van der Waals surface area (Å²) in [6, 6.07) is 9.60. The van der Waals surface area contributed by atoms with Crippen LogP contribution in [0.3, 0.4) is 0 Å². The SMILES string of the molecule is COc1cccc(OCc2nc(C)cc(N3CCN(C)CC3)n2)c1. The lowest BCUT2D eigenvalue weighted by atomic mass is 10.3. The van der Waals surface area contributed by atoms with Crippen LogP contribution in [0.25, 0.3) is 0 Å². The van der Waals surface area contributed by atoms with E-state index in [4.69, 9.17) is 9.47 Å². The van der Waals surface area contributed by atoms with Crippen LogP contribution in [0.1, 0.15) is 11.5 Å². The number of aryl methyl sites for hydroxylation is 1. The lowest BCUT2D eigenvalue weighted by Gasteiger charge is -2.33. The molecule has 1 fully saturated rings. The van der Waals surface area contributed by atoms with Crippen molar-refractivity contribution in [3.63, 3.8) is 0 Å². The fourth-order valence-corrected chi connectivity index (χ4v) is 2.71. The maximum atomic E-state index is 5.82. The van der Waals surface area contributed by atoms with Crippen molar-refractivity contribution in [2.24, 2.45) is 0 Å². The van der Waals surface area contributed by atoms with Crippen molar-refractivity contribution >= 4 is 5.82 Å². The zero-order valence-corrected chi connectivity index (χ0v) is 14.5. The number of aromatic nitrogens is 2. The second-order valence-corrected chi connectivity index (χ2v) is 6.04. The third-order valence-corrected chi connectivity index (χ3v) is 4.12. The van der Waals surface area contributed by atoms with Crippen LogP contribution in [-0.4, -0.2) is 55.2 Å². The Morgan fingerprint density at radius 1 is 1.04 bits per heavy atom. The molecule has 6 nitrogen and oxygen atoms in total.